The number of halogens is 1. The second-order valence-corrected chi connectivity index (χ2v) is 2.91. The monoisotopic (exact) mass is 212 g/mol. The lowest BCUT2D eigenvalue weighted by Gasteiger charge is -2.00. The zero-order chi connectivity index (χ0) is 8.27. The molecule has 1 nitrogen and oxygen atoms in total. The molecule has 0 radical (unpaired) electrons. The van der Waals surface area contributed by atoms with E-state index in [0.29, 0.717) is 0 Å². The number of Topliss-reactive ketones (excluding diaryl/α,β-unsaturated/α-hetero) is 1. The van der Waals surface area contributed by atoms with Crippen molar-refractivity contribution in [1.82, 2.24) is 0 Å². The highest BCUT2D eigenvalue weighted by molar-refractivity contribution is 9.08. The van der Waals surface area contributed by atoms with Crippen LogP contribution in [0.25, 0.3) is 0 Å². The first-order chi connectivity index (χ1) is 5.25. The van der Waals surface area contributed by atoms with E-state index in [4.69, 9.17) is 0 Å². The maximum absolute atomic E-state index is 11.0. The predicted octanol–water partition coefficient (Wildman–Crippen LogP) is 2.78. The van der Waals surface area contributed by atoms with Gasteiger partial charge >= 0.3 is 0 Å². The minimum absolute atomic E-state index is 0.125. The van der Waals surface area contributed by atoms with Gasteiger partial charge in [0.2, 0.25) is 0 Å². The average molecular weight is 213 g/mol. The maximum atomic E-state index is 11.0. The maximum Gasteiger partial charge on any atom is 0.160 e. The summed E-state index contributed by atoms with van der Waals surface area (Å²) in [6, 6.07) is 7.61. The van der Waals surface area contributed by atoms with Crippen molar-refractivity contribution in [2.45, 2.75) is 12.3 Å². The molecule has 2 heteroatoms. The summed E-state index contributed by atoms with van der Waals surface area (Å²) in [5.41, 5.74) is 1.87. The highest BCUT2D eigenvalue weighted by Crippen LogP contribution is 2.12. The van der Waals surface area contributed by atoms with E-state index < -0.39 is 0 Å². The Bertz CT molecular complexity index is 268. The smallest absolute Gasteiger partial charge is 0.160 e. The fourth-order valence-corrected chi connectivity index (χ4v) is 1.47. The second-order valence-electron chi connectivity index (χ2n) is 2.35. The van der Waals surface area contributed by atoms with Crippen LogP contribution in [-0.4, -0.2) is 5.78 Å². The van der Waals surface area contributed by atoms with E-state index in [1.807, 2.05) is 24.3 Å². The molecule has 0 heterocycles. The number of hydrogen-bond donors (Lipinski definition) is 0. The van der Waals surface area contributed by atoms with E-state index in [1.165, 1.54) is 0 Å². The summed E-state index contributed by atoms with van der Waals surface area (Å²) < 4.78 is 0. The van der Waals surface area contributed by atoms with E-state index in [9.17, 15) is 4.79 Å². The van der Waals surface area contributed by atoms with E-state index in [2.05, 4.69) is 15.9 Å². The normalized spacial score (nSPS) is 9.64. The van der Waals surface area contributed by atoms with Gasteiger partial charge in [0.1, 0.15) is 0 Å². The van der Waals surface area contributed by atoms with Crippen molar-refractivity contribution in [2.75, 3.05) is 0 Å². The molecule has 0 atom stereocenters. The number of alkyl halides is 1. The van der Waals surface area contributed by atoms with Crippen LogP contribution in [0.4, 0.5) is 0 Å². The van der Waals surface area contributed by atoms with Crippen LogP contribution in [0.3, 0.4) is 0 Å². The van der Waals surface area contributed by atoms with E-state index in [1.54, 1.807) is 6.92 Å². The first kappa shape index (κ1) is 8.47. The molecule has 0 aliphatic rings. The Balaban J connectivity index is 3.12. The number of hydrogen-bond acceptors (Lipinski definition) is 1. The molecule has 0 spiro atoms. The summed E-state index contributed by atoms with van der Waals surface area (Å²) in [6.45, 7) is 1.58. The molecule has 1 rings (SSSR count). The molecule has 0 amide bonds. The fraction of sp³-hybridized carbons (Fsp3) is 0.222. The van der Waals surface area contributed by atoms with Gasteiger partial charge in [0, 0.05) is 10.9 Å². The lowest BCUT2D eigenvalue weighted by molar-refractivity contribution is 0.101. The first-order valence-electron chi connectivity index (χ1n) is 3.40. The summed E-state index contributed by atoms with van der Waals surface area (Å²) in [6.07, 6.45) is 0. The van der Waals surface area contributed by atoms with Crippen LogP contribution in [0.1, 0.15) is 22.8 Å². The molecule has 0 fully saturated rings. The number of carbonyl (C=O) groups excluding carboxylic acids is 1. The molecular weight excluding hydrogens is 204 g/mol. The Labute approximate surface area is 74.6 Å². The van der Waals surface area contributed by atoms with Gasteiger partial charge in [-0.3, -0.25) is 4.79 Å². The molecule has 0 saturated carbocycles. The molecule has 0 saturated heterocycles. The van der Waals surface area contributed by atoms with Crippen LogP contribution in [0.15, 0.2) is 24.3 Å². The lowest BCUT2D eigenvalue weighted by atomic mass is 10.1. The van der Waals surface area contributed by atoms with Gasteiger partial charge in [-0.05, 0) is 12.5 Å². The number of carbonyl (C=O) groups is 1. The topological polar surface area (TPSA) is 17.1 Å². The molecule has 0 aromatic heterocycles. The number of benzene rings is 1. The summed E-state index contributed by atoms with van der Waals surface area (Å²) in [4.78, 5) is 11.0. The molecule has 0 bridgehead atoms. The third-order valence-electron chi connectivity index (χ3n) is 1.54. The number of rotatable bonds is 2. The van der Waals surface area contributed by atoms with Crippen LogP contribution in [-0.2, 0) is 5.33 Å². The Kier molecular flexibility index (Phi) is 2.83. The molecule has 0 aliphatic carbocycles. The average Bonchev–Trinajstić information content (AvgIpc) is 2.04. The van der Waals surface area contributed by atoms with Gasteiger partial charge in [-0.15, -0.1) is 0 Å². The molecule has 0 unspecified atom stereocenters. The SMILES string of the molecule is CC(=O)c1ccccc1CBr. The van der Waals surface area contributed by atoms with E-state index in [0.717, 1.165) is 16.5 Å². The Morgan fingerprint density at radius 2 is 2.09 bits per heavy atom. The van der Waals surface area contributed by atoms with Gasteiger partial charge in [-0.25, -0.2) is 0 Å². The van der Waals surface area contributed by atoms with E-state index >= 15 is 0 Å². The van der Waals surface area contributed by atoms with Crippen LogP contribution >= 0.6 is 15.9 Å². The van der Waals surface area contributed by atoms with Gasteiger partial charge in [0.05, 0.1) is 0 Å². The lowest BCUT2D eigenvalue weighted by Crippen LogP contribution is -1.96. The van der Waals surface area contributed by atoms with Crippen molar-refractivity contribution in [3.8, 4) is 0 Å². The minimum Gasteiger partial charge on any atom is -0.295 e. The molecular formula is C9H9BrO. The minimum atomic E-state index is 0.125. The van der Waals surface area contributed by atoms with Crippen LogP contribution in [0, 0.1) is 0 Å². The van der Waals surface area contributed by atoms with Gasteiger partial charge in [0.15, 0.2) is 5.78 Å². The van der Waals surface area contributed by atoms with Crippen molar-refractivity contribution >= 4 is 21.7 Å². The molecule has 1 aromatic rings. The van der Waals surface area contributed by atoms with Crippen molar-refractivity contribution in [1.29, 1.82) is 0 Å². The first-order valence-corrected chi connectivity index (χ1v) is 4.52. The third-order valence-corrected chi connectivity index (χ3v) is 2.14. The van der Waals surface area contributed by atoms with Gasteiger partial charge in [-0.2, -0.15) is 0 Å². The largest absolute Gasteiger partial charge is 0.295 e. The van der Waals surface area contributed by atoms with E-state index in [-0.39, 0.29) is 5.78 Å². The van der Waals surface area contributed by atoms with Crippen molar-refractivity contribution in [2.24, 2.45) is 0 Å². The quantitative estimate of drug-likeness (QED) is 0.545. The predicted molar refractivity (Wildman–Crippen MR) is 49.1 cm³/mol. The number of ketones is 1. The van der Waals surface area contributed by atoms with Crippen LogP contribution in [0.5, 0.6) is 0 Å². The Hall–Kier alpha value is -0.630. The second kappa shape index (κ2) is 3.67. The van der Waals surface area contributed by atoms with Crippen LogP contribution < -0.4 is 0 Å². The highest BCUT2D eigenvalue weighted by atomic mass is 79.9. The third kappa shape index (κ3) is 1.90. The fourth-order valence-electron chi connectivity index (χ4n) is 0.980. The Morgan fingerprint density at radius 1 is 1.45 bits per heavy atom. The van der Waals surface area contributed by atoms with Crippen LogP contribution in [0.2, 0.25) is 0 Å². The summed E-state index contributed by atoms with van der Waals surface area (Å²) in [5.74, 6) is 0.125. The van der Waals surface area contributed by atoms with Gasteiger partial charge < -0.3 is 0 Å². The van der Waals surface area contributed by atoms with Crippen molar-refractivity contribution in [3.63, 3.8) is 0 Å². The summed E-state index contributed by atoms with van der Waals surface area (Å²) in [5, 5.41) is 0.739. The highest BCUT2D eigenvalue weighted by Gasteiger charge is 2.03. The summed E-state index contributed by atoms with van der Waals surface area (Å²) in [7, 11) is 0. The Morgan fingerprint density at radius 3 is 2.55 bits per heavy atom. The molecule has 11 heavy (non-hydrogen) atoms. The molecule has 1 aromatic carbocycles. The molecule has 58 valence electrons. The van der Waals surface area contributed by atoms with Gasteiger partial charge in [0.25, 0.3) is 0 Å². The van der Waals surface area contributed by atoms with Crippen molar-refractivity contribution < 1.29 is 4.79 Å². The van der Waals surface area contributed by atoms with Crippen molar-refractivity contribution in [3.05, 3.63) is 35.4 Å². The zero-order valence-corrected chi connectivity index (χ0v) is 7.89. The summed E-state index contributed by atoms with van der Waals surface area (Å²) >= 11 is 3.32. The molecule has 0 aliphatic heterocycles. The van der Waals surface area contributed by atoms with Gasteiger partial charge in [-0.1, -0.05) is 40.2 Å². The standard InChI is InChI=1S/C9H9BrO/c1-7(11)9-5-3-2-4-8(9)6-10/h2-5H,6H2,1H3. The zero-order valence-electron chi connectivity index (χ0n) is 6.30. The molecule has 0 N–H and O–H groups in total.